The lowest BCUT2D eigenvalue weighted by Crippen LogP contribution is -2.60. The van der Waals surface area contributed by atoms with Crippen LogP contribution in [0, 0.1) is 17.8 Å². The standard InChI is InChI=1S/C37H54N4O6/c1-25(20-38-36(46)47-24-28-16-14-27(23-42)15-17-28)34(44)39-31(18-26-10-6-5-7-11-26)33(43)22-41-21-30-13-9-8-12-29(30)19-32(41)35(45)40-37(2,3)4/h5-7,10-11,14-17,25,29-33,42-43H,8-9,12-13,18-24H2,1-4H3,(H,38,46)(H,39,44)(H,40,45)/t25-,29+,30-,31+,32+,33-/m1/s1. The van der Waals surface area contributed by atoms with Gasteiger partial charge in [-0.05, 0) is 68.6 Å². The van der Waals surface area contributed by atoms with E-state index in [2.05, 4.69) is 20.9 Å². The quantitative estimate of drug-likeness (QED) is 0.221. The van der Waals surface area contributed by atoms with E-state index in [4.69, 9.17) is 4.74 Å². The van der Waals surface area contributed by atoms with Crippen LogP contribution < -0.4 is 16.0 Å². The number of fused-ring (bicyclic) bond motifs is 1. The summed E-state index contributed by atoms with van der Waals surface area (Å²) in [5.41, 5.74) is 2.17. The minimum absolute atomic E-state index is 0.00822. The van der Waals surface area contributed by atoms with Crippen LogP contribution in [0.15, 0.2) is 54.6 Å². The van der Waals surface area contributed by atoms with Crippen LogP contribution in [0.5, 0.6) is 0 Å². The third-order valence-electron chi connectivity index (χ3n) is 9.39. The highest BCUT2D eigenvalue weighted by molar-refractivity contribution is 5.82. The number of piperidine rings is 1. The molecule has 2 aliphatic rings. The number of ether oxygens (including phenoxy) is 1. The van der Waals surface area contributed by atoms with Gasteiger partial charge >= 0.3 is 6.09 Å². The number of carbonyl (C=O) groups excluding carboxylic acids is 3. The summed E-state index contributed by atoms with van der Waals surface area (Å²) in [6, 6.07) is 15.9. The fraction of sp³-hybridized carbons (Fsp3) is 0.595. The van der Waals surface area contributed by atoms with Crippen molar-refractivity contribution in [1.29, 1.82) is 0 Å². The molecule has 1 heterocycles. The normalized spacial score (nSPS) is 21.9. The van der Waals surface area contributed by atoms with Crippen molar-refractivity contribution < 1.29 is 29.3 Å². The maximum Gasteiger partial charge on any atom is 0.407 e. The second kappa shape index (κ2) is 17.1. The monoisotopic (exact) mass is 650 g/mol. The number of carbonyl (C=O) groups is 3. The summed E-state index contributed by atoms with van der Waals surface area (Å²) >= 11 is 0. The summed E-state index contributed by atoms with van der Waals surface area (Å²) in [7, 11) is 0. The van der Waals surface area contributed by atoms with Crippen molar-refractivity contribution in [1.82, 2.24) is 20.9 Å². The van der Waals surface area contributed by atoms with Crippen LogP contribution in [0.25, 0.3) is 0 Å². The Morgan fingerprint density at radius 3 is 2.28 bits per heavy atom. The Morgan fingerprint density at radius 2 is 1.62 bits per heavy atom. The van der Waals surface area contributed by atoms with Crippen molar-refractivity contribution in [3.8, 4) is 0 Å². The molecule has 3 amide bonds. The molecule has 4 rings (SSSR count). The molecule has 0 aromatic heterocycles. The fourth-order valence-electron chi connectivity index (χ4n) is 6.74. The van der Waals surface area contributed by atoms with Gasteiger partial charge < -0.3 is 30.9 Å². The number of β-amino-alcohol motifs (C(OH)–C–C–N with tert-alkyl or cyclic N) is 1. The molecule has 2 fully saturated rings. The average molecular weight is 651 g/mol. The highest BCUT2D eigenvalue weighted by Crippen LogP contribution is 2.39. The number of rotatable bonds is 13. The van der Waals surface area contributed by atoms with Crippen molar-refractivity contribution in [2.24, 2.45) is 17.8 Å². The number of hydrogen-bond donors (Lipinski definition) is 5. The molecule has 10 heteroatoms. The topological polar surface area (TPSA) is 140 Å². The number of aliphatic hydroxyl groups excluding tert-OH is 2. The Bertz CT molecular complexity index is 1300. The van der Waals surface area contributed by atoms with Crippen LogP contribution in [-0.4, -0.2) is 76.4 Å². The van der Waals surface area contributed by atoms with Crippen molar-refractivity contribution in [2.45, 2.75) is 103 Å². The zero-order chi connectivity index (χ0) is 34.0. The number of amides is 3. The first-order valence-electron chi connectivity index (χ1n) is 17.1. The largest absolute Gasteiger partial charge is 0.445 e. The van der Waals surface area contributed by atoms with Gasteiger partial charge in [-0.15, -0.1) is 0 Å². The molecule has 258 valence electrons. The van der Waals surface area contributed by atoms with Gasteiger partial charge in [0.1, 0.15) is 6.61 Å². The first-order valence-corrected chi connectivity index (χ1v) is 17.1. The minimum Gasteiger partial charge on any atom is -0.445 e. The van der Waals surface area contributed by atoms with Gasteiger partial charge in [0.05, 0.1) is 30.7 Å². The van der Waals surface area contributed by atoms with E-state index in [1.165, 1.54) is 12.8 Å². The lowest BCUT2D eigenvalue weighted by atomic mass is 9.72. The highest BCUT2D eigenvalue weighted by Gasteiger charge is 2.41. The van der Waals surface area contributed by atoms with E-state index in [0.717, 1.165) is 42.5 Å². The maximum atomic E-state index is 13.5. The molecule has 1 saturated carbocycles. The summed E-state index contributed by atoms with van der Waals surface area (Å²) < 4.78 is 5.29. The van der Waals surface area contributed by atoms with Gasteiger partial charge in [-0.1, -0.05) is 80.8 Å². The number of nitrogens with one attached hydrogen (secondary N) is 3. The van der Waals surface area contributed by atoms with Gasteiger partial charge in [-0.25, -0.2) is 4.79 Å². The first-order chi connectivity index (χ1) is 22.4. The summed E-state index contributed by atoms with van der Waals surface area (Å²) in [5, 5.41) is 29.8. The van der Waals surface area contributed by atoms with Crippen LogP contribution in [0.1, 0.15) is 76.5 Å². The van der Waals surface area contributed by atoms with E-state index in [0.29, 0.717) is 18.3 Å². The van der Waals surface area contributed by atoms with Crippen LogP contribution in [0.4, 0.5) is 4.79 Å². The van der Waals surface area contributed by atoms with Crippen LogP contribution in [0.3, 0.4) is 0 Å². The van der Waals surface area contributed by atoms with E-state index in [1.807, 2.05) is 51.1 Å². The lowest BCUT2D eigenvalue weighted by molar-refractivity contribution is -0.133. The predicted molar refractivity (Wildman–Crippen MR) is 181 cm³/mol. The van der Waals surface area contributed by atoms with E-state index < -0.39 is 24.2 Å². The van der Waals surface area contributed by atoms with Crippen LogP contribution in [-0.2, 0) is 34.0 Å². The van der Waals surface area contributed by atoms with Crippen molar-refractivity contribution >= 4 is 17.9 Å². The Kier molecular flexibility index (Phi) is 13.2. The maximum absolute atomic E-state index is 13.5. The Labute approximate surface area is 279 Å². The molecule has 10 nitrogen and oxygen atoms in total. The zero-order valence-electron chi connectivity index (χ0n) is 28.4. The lowest BCUT2D eigenvalue weighted by Gasteiger charge is -2.47. The molecule has 1 aliphatic carbocycles. The summed E-state index contributed by atoms with van der Waals surface area (Å²) in [6.07, 6.45) is 4.31. The SMILES string of the molecule is C[C@H](CNC(=O)OCc1ccc(CO)cc1)C(=O)N[C@@H](Cc1ccccc1)[C@H](O)CN1C[C@H]2CCCC[C@H]2C[C@H]1C(=O)NC(C)(C)C. The molecular weight excluding hydrogens is 596 g/mol. The Morgan fingerprint density at radius 1 is 0.957 bits per heavy atom. The third kappa shape index (κ3) is 11.3. The molecule has 5 N–H and O–H groups in total. The van der Waals surface area contributed by atoms with Gasteiger partial charge in [-0.3, -0.25) is 14.5 Å². The van der Waals surface area contributed by atoms with Crippen LogP contribution in [0.2, 0.25) is 0 Å². The van der Waals surface area contributed by atoms with Crippen molar-refractivity contribution in [3.05, 3.63) is 71.3 Å². The number of aliphatic hydroxyl groups is 2. The highest BCUT2D eigenvalue weighted by atomic mass is 16.5. The van der Waals surface area contributed by atoms with Crippen LogP contribution >= 0.6 is 0 Å². The molecule has 0 unspecified atom stereocenters. The van der Waals surface area contributed by atoms with Gasteiger partial charge in [0.25, 0.3) is 0 Å². The summed E-state index contributed by atoms with van der Waals surface area (Å²) in [4.78, 5) is 41.4. The Hall–Kier alpha value is -3.47. The fourth-order valence-corrected chi connectivity index (χ4v) is 6.74. The molecule has 2 aromatic carbocycles. The van der Waals surface area contributed by atoms with Gasteiger partial charge in [0.15, 0.2) is 0 Å². The minimum atomic E-state index is -0.924. The van der Waals surface area contributed by atoms with Crippen molar-refractivity contribution in [2.75, 3.05) is 19.6 Å². The zero-order valence-corrected chi connectivity index (χ0v) is 28.4. The number of alkyl carbamates (subject to hydrolysis) is 1. The second-order valence-corrected chi connectivity index (χ2v) is 14.5. The molecule has 1 saturated heterocycles. The summed E-state index contributed by atoms with van der Waals surface area (Å²) in [5.74, 6) is 0.131. The van der Waals surface area contributed by atoms with E-state index >= 15 is 0 Å². The number of hydrogen-bond acceptors (Lipinski definition) is 7. The molecule has 1 aliphatic heterocycles. The Balaban J connectivity index is 1.38. The number of likely N-dealkylation sites (tertiary alicyclic amines) is 1. The molecule has 2 aromatic rings. The summed E-state index contributed by atoms with van der Waals surface area (Å²) in [6.45, 7) is 8.75. The molecule has 0 spiro atoms. The molecule has 47 heavy (non-hydrogen) atoms. The molecule has 0 radical (unpaired) electrons. The van der Waals surface area contributed by atoms with Gasteiger partial charge in [-0.2, -0.15) is 0 Å². The third-order valence-corrected chi connectivity index (χ3v) is 9.39. The predicted octanol–water partition coefficient (Wildman–Crippen LogP) is 3.93. The average Bonchev–Trinajstić information content (AvgIpc) is 3.05. The van der Waals surface area contributed by atoms with Crippen molar-refractivity contribution in [3.63, 3.8) is 0 Å². The van der Waals surface area contributed by atoms with E-state index in [1.54, 1.807) is 31.2 Å². The van der Waals surface area contributed by atoms with E-state index in [9.17, 15) is 24.6 Å². The number of nitrogens with zero attached hydrogens (tertiary/aromatic N) is 1. The molecule has 0 bridgehead atoms. The molecule has 6 atom stereocenters. The van der Waals surface area contributed by atoms with Gasteiger partial charge in [0, 0.05) is 25.2 Å². The smallest absolute Gasteiger partial charge is 0.407 e. The number of benzene rings is 2. The van der Waals surface area contributed by atoms with E-state index in [-0.39, 0.29) is 49.7 Å². The van der Waals surface area contributed by atoms with Gasteiger partial charge in [0.2, 0.25) is 11.8 Å². The first kappa shape index (κ1) is 36.4. The second-order valence-electron chi connectivity index (χ2n) is 14.5. The molecular formula is C37H54N4O6.